The van der Waals surface area contributed by atoms with Gasteiger partial charge in [0.05, 0.1) is 5.56 Å². The smallest absolute Gasteiger partial charge is 0.255 e. The summed E-state index contributed by atoms with van der Waals surface area (Å²) in [5.74, 6) is 0.489. The minimum atomic E-state index is -0.115. The summed E-state index contributed by atoms with van der Waals surface area (Å²) in [7, 11) is 1.85. The first-order valence-corrected chi connectivity index (χ1v) is 7.41. The summed E-state index contributed by atoms with van der Waals surface area (Å²) in [5.41, 5.74) is 2.86. The third-order valence-corrected chi connectivity index (χ3v) is 3.44. The van der Waals surface area contributed by atoms with Crippen LogP contribution in [0.2, 0.25) is 0 Å². The van der Waals surface area contributed by atoms with Gasteiger partial charge in [-0.1, -0.05) is 36.4 Å². The van der Waals surface area contributed by atoms with Crippen LogP contribution in [0.15, 0.2) is 48.5 Å². The highest BCUT2D eigenvalue weighted by molar-refractivity contribution is 5.96. The average Bonchev–Trinajstić information content (AvgIpc) is 2.54. The Bertz CT molecular complexity index is 632. The predicted octanol–water partition coefficient (Wildman–Crippen LogP) is 2.95. The molecule has 0 saturated heterocycles. The van der Waals surface area contributed by atoms with Crippen molar-refractivity contribution in [2.45, 2.75) is 13.5 Å². The molecule has 0 bridgehead atoms. The lowest BCUT2D eigenvalue weighted by molar-refractivity contribution is 0.0949. The third kappa shape index (κ3) is 5.58. The van der Waals surface area contributed by atoms with Gasteiger partial charge in [0.15, 0.2) is 0 Å². The summed E-state index contributed by atoms with van der Waals surface area (Å²) < 4.78 is 5.86. The second kappa shape index (κ2) is 9.87. The quantitative estimate of drug-likeness (QED) is 0.765. The van der Waals surface area contributed by atoms with E-state index in [0.29, 0.717) is 24.5 Å². The number of halogens is 1. The Morgan fingerprint density at radius 2 is 1.74 bits per heavy atom. The fourth-order valence-electron chi connectivity index (χ4n) is 2.10. The molecule has 4 nitrogen and oxygen atoms in total. The van der Waals surface area contributed by atoms with E-state index >= 15 is 0 Å². The minimum absolute atomic E-state index is 0. The van der Waals surface area contributed by atoms with Crippen molar-refractivity contribution in [2.24, 2.45) is 0 Å². The van der Waals surface area contributed by atoms with Crippen LogP contribution in [0.3, 0.4) is 0 Å². The molecule has 2 aromatic carbocycles. The van der Waals surface area contributed by atoms with Crippen LogP contribution in [0.4, 0.5) is 0 Å². The Morgan fingerprint density at radius 1 is 1.04 bits per heavy atom. The maximum absolute atomic E-state index is 12.2. The SMILES string of the molecule is CNCCNC(=O)c1ccccc1OCc1ccccc1C.Cl. The summed E-state index contributed by atoms with van der Waals surface area (Å²) in [5, 5.41) is 5.86. The number of benzene rings is 2. The van der Waals surface area contributed by atoms with Gasteiger partial charge in [-0.2, -0.15) is 0 Å². The van der Waals surface area contributed by atoms with E-state index in [1.54, 1.807) is 6.07 Å². The van der Waals surface area contributed by atoms with E-state index in [1.165, 1.54) is 5.56 Å². The number of carbonyl (C=O) groups excluding carboxylic acids is 1. The van der Waals surface area contributed by atoms with Gasteiger partial charge in [0.2, 0.25) is 0 Å². The van der Waals surface area contributed by atoms with E-state index in [-0.39, 0.29) is 18.3 Å². The Balaban J connectivity index is 0.00000264. The van der Waals surface area contributed by atoms with Crippen LogP contribution in [-0.4, -0.2) is 26.0 Å². The molecule has 0 unspecified atom stereocenters. The van der Waals surface area contributed by atoms with E-state index < -0.39 is 0 Å². The van der Waals surface area contributed by atoms with Gasteiger partial charge in [-0.25, -0.2) is 0 Å². The molecule has 2 aromatic rings. The molecule has 0 aliphatic rings. The number of nitrogens with one attached hydrogen (secondary N) is 2. The maximum Gasteiger partial charge on any atom is 0.255 e. The molecular weight excluding hydrogens is 312 g/mol. The lowest BCUT2D eigenvalue weighted by Gasteiger charge is -2.12. The highest BCUT2D eigenvalue weighted by Crippen LogP contribution is 2.20. The lowest BCUT2D eigenvalue weighted by atomic mass is 10.1. The van der Waals surface area contributed by atoms with Crippen LogP contribution in [0.25, 0.3) is 0 Å². The second-order valence-electron chi connectivity index (χ2n) is 5.07. The fourth-order valence-corrected chi connectivity index (χ4v) is 2.10. The van der Waals surface area contributed by atoms with Gasteiger partial charge in [-0.05, 0) is 37.2 Å². The number of hydrogen-bond acceptors (Lipinski definition) is 3. The van der Waals surface area contributed by atoms with Crippen molar-refractivity contribution in [1.82, 2.24) is 10.6 Å². The van der Waals surface area contributed by atoms with Crippen molar-refractivity contribution < 1.29 is 9.53 Å². The predicted molar refractivity (Wildman–Crippen MR) is 95.5 cm³/mol. The largest absolute Gasteiger partial charge is 0.488 e. The number of carbonyl (C=O) groups is 1. The van der Waals surface area contributed by atoms with Crippen LogP contribution in [0.1, 0.15) is 21.5 Å². The first-order valence-electron chi connectivity index (χ1n) is 7.41. The zero-order valence-corrected chi connectivity index (χ0v) is 14.3. The van der Waals surface area contributed by atoms with Crippen LogP contribution in [-0.2, 0) is 6.61 Å². The molecule has 0 atom stereocenters. The molecule has 0 spiro atoms. The molecule has 0 fully saturated rings. The minimum Gasteiger partial charge on any atom is -0.488 e. The molecule has 0 aliphatic heterocycles. The normalized spacial score (nSPS) is 9.83. The standard InChI is InChI=1S/C18H22N2O2.ClH/c1-14-7-3-4-8-15(14)13-22-17-10-6-5-9-16(17)18(21)20-12-11-19-2;/h3-10,19H,11-13H2,1-2H3,(H,20,21);1H. The summed E-state index contributed by atoms with van der Waals surface area (Å²) in [6.45, 7) is 3.82. The van der Waals surface area contributed by atoms with Gasteiger partial charge < -0.3 is 15.4 Å². The highest BCUT2D eigenvalue weighted by atomic mass is 35.5. The molecule has 0 radical (unpaired) electrons. The molecule has 2 rings (SSSR count). The number of para-hydroxylation sites is 1. The number of rotatable bonds is 7. The first-order chi connectivity index (χ1) is 10.7. The van der Waals surface area contributed by atoms with Gasteiger partial charge in [-0.3, -0.25) is 4.79 Å². The molecule has 1 amide bonds. The topological polar surface area (TPSA) is 50.4 Å². The molecule has 5 heteroatoms. The summed E-state index contributed by atoms with van der Waals surface area (Å²) >= 11 is 0. The number of ether oxygens (including phenoxy) is 1. The number of hydrogen-bond donors (Lipinski definition) is 2. The van der Waals surface area contributed by atoms with Crippen LogP contribution >= 0.6 is 12.4 Å². The van der Waals surface area contributed by atoms with Crippen molar-refractivity contribution in [3.8, 4) is 5.75 Å². The van der Waals surface area contributed by atoms with Crippen LogP contribution < -0.4 is 15.4 Å². The average molecular weight is 335 g/mol. The van der Waals surface area contributed by atoms with Gasteiger partial charge in [0.1, 0.15) is 12.4 Å². The zero-order valence-electron chi connectivity index (χ0n) is 13.5. The first kappa shape index (κ1) is 19.0. The number of amides is 1. The highest BCUT2D eigenvalue weighted by Gasteiger charge is 2.11. The van der Waals surface area contributed by atoms with Crippen molar-refractivity contribution >= 4 is 18.3 Å². The molecule has 23 heavy (non-hydrogen) atoms. The van der Waals surface area contributed by atoms with Crippen molar-refractivity contribution in [1.29, 1.82) is 0 Å². The molecular formula is C18H23ClN2O2. The summed E-state index contributed by atoms with van der Waals surface area (Å²) in [6, 6.07) is 15.4. The maximum atomic E-state index is 12.2. The van der Waals surface area contributed by atoms with Gasteiger partial charge in [-0.15, -0.1) is 12.4 Å². The molecule has 0 saturated carbocycles. The van der Waals surface area contributed by atoms with Crippen molar-refractivity contribution in [2.75, 3.05) is 20.1 Å². The van der Waals surface area contributed by atoms with E-state index in [0.717, 1.165) is 12.1 Å². The van der Waals surface area contributed by atoms with Gasteiger partial charge in [0.25, 0.3) is 5.91 Å². The number of likely N-dealkylation sites (N-methyl/N-ethyl adjacent to an activating group) is 1. The Kier molecular flexibility index (Phi) is 8.16. The van der Waals surface area contributed by atoms with Gasteiger partial charge in [0, 0.05) is 13.1 Å². The lowest BCUT2D eigenvalue weighted by Crippen LogP contribution is -2.30. The van der Waals surface area contributed by atoms with E-state index in [2.05, 4.69) is 23.6 Å². The van der Waals surface area contributed by atoms with Crippen LogP contribution in [0, 0.1) is 6.92 Å². The molecule has 2 N–H and O–H groups in total. The van der Waals surface area contributed by atoms with Crippen molar-refractivity contribution in [3.05, 3.63) is 65.2 Å². The van der Waals surface area contributed by atoms with E-state index in [9.17, 15) is 4.79 Å². The summed E-state index contributed by atoms with van der Waals surface area (Å²) in [4.78, 5) is 12.2. The Hall–Kier alpha value is -2.04. The Morgan fingerprint density at radius 3 is 2.48 bits per heavy atom. The Labute approximate surface area is 143 Å². The molecule has 124 valence electrons. The van der Waals surface area contributed by atoms with Crippen LogP contribution in [0.5, 0.6) is 5.75 Å². The number of aryl methyl sites for hydroxylation is 1. The van der Waals surface area contributed by atoms with Crippen molar-refractivity contribution in [3.63, 3.8) is 0 Å². The second-order valence-corrected chi connectivity index (χ2v) is 5.07. The molecule has 0 heterocycles. The fraction of sp³-hybridized carbons (Fsp3) is 0.278. The molecule has 0 aromatic heterocycles. The third-order valence-electron chi connectivity index (χ3n) is 3.44. The zero-order chi connectivity index (χ0) is 15.8. The van der Waals surface area contributed by atoms with Gasteiger partial charge >= 0.3 is 0 Å². The summed E-state index contributed by atoms with van der Waals surface area (Å²) in [6.07, 6.45) is 0. The molecule has 0 aliphatic carbocycles. The monoisotopic (exact) mass is 334 g/mol. The van der Waals surface area contributed by atoms with E-state index in [4.69, 9.17) is 4.74 Å². The van der Waals surface area contributed by atoms with E-state index in [1.807, 2.05) is 43.4 Å².